The Hall–Kier alpha value is -0.810. The van der Waals surface area contributed by atoms with Gasteiger partial charge < -0.3 is 20.6 Å². The molecule has 5 heteroatoms. The lowest BCUT2D eigenvalue weighted by atomic mass is 9.86. The molecule has 2 aliphatic heterocycles. The number of hydrogen-bond donors (Lipinski definition) is 3. The fourth-order valence-corrected chi connectivity index (χ4v) is 2.43. The van der Waals surface area contributed by atoms with E-state index in [0.717, 1.165) is 25.9 Å². The Morgan fingerprint density at radius 1 is 1.47 bits per heavy atom. The summed E-state index contributed by atoms with van der Waals surface area (Å²) >= 11 is 0. The van der Waals surface area contributed by atoms with Crippen LogP contribution in [0.1, 0.15) is 26.7 Å². The molecule has 1 atom stereocenters. The average molecular weight is 213 g/mol. The summed E-state index contributed by atoms with van der Waals surface area (Å²) in [5, 5.41) is 15.1. The van der Waals surface area contributed by atoms with Gasteiger partial charge in [0.1, 0.15) is 0 Å². The summed E-state index contributed by atoms with van der Waals surface area (Å²) in [5.41, 5.74) is -0.428. The molecule has 0 aromatic rings. The van der Waals surface area contributed by atoms with Gasteiger partial charge in [-0.25, -0.2) is 4.79 Å². The number of urea groups is 1. The van der Waals surface area contributed by atoms with Crippen molar-refractivity contribution >= 4 is 6.03 Å². The molecule has 0 bridgehead atoms. The SMILES string of the molecule is CC(C)N1CCC2(CC1)NC(=O)NC2O. The number of piperidine rings is 1. The topological polar surface area (TPSA) is 64.6 Å². The number of nitrogens with one attached hydrogen (secondary N) is 2. The molecule has 3 N–H and O–H groups in total. The minimum Gasteiger partial charge on any atom is -0.371 e. The standard InChI is InChI=1S/C10H19N3O2/c1-7(2)13-5-3-10(4-6-13)8(14)11-9(15)12-10/h7-8,14H,3-6H2,1-2H3,(H2,11,12,15). The number of aliphatic hydroxyl groups excluding tert-OH is 1. The molecule has 0 saturated carbocycles. The molecule has 2 amide bonds. The van der Waals surface area contributed by atoms with Crippen LogP contribution in [0.15, 0.2) is 0 Å². The number of hydrogen-bond acceptors (Lipinski definition) is 3. The largest absolute Gasteiger partial charge is 0.371 e. The lowest BCUT2D eigenvalue weighted by Crippen LogP contribution is -2.57. The minimum absolute atomic E-state index is 0.250. The third-order valence-corrected chi connectivity index (χ3v) is 3.57. The normalized spacial score (nSPS) is 30.7. The Bertz CT molecular complexity index is 259. The van der Waals surface area contributed by atoms with E-state index in [1.54, 1.807) is 0 Å². The molecular weight excluding hydrogens is 194 g/mol. The Balaban J connectivity index is 2.00. The quantitative estimate of drug-likeness (QED) is 0.568. The number of aliphatic hydroxyl groups is 1. The van der Waals surface area contributed by atoms with E-state index in [4.69, 9.17) is 0 Å². The monoisotopic (exact) mass is 213 g/mol. The van der Waals surface area contributed by atoms with Crippen molar-refractivity contribution in [1.82, 2.24) is 15.5 Å². The zero-order chi connectivity index (χ0) is 11.1. The van der Waals surface area contributed by atoms with Crippen molar-refractivity contribution in [3.63, 3.8) is 0 Å². The second kappa shape index (κ2) is 3.64. The first-order valence-corrected chi connectivity index (χ1v) is 5.54. The molecule has 86 valence electrons. The first-order valence-electron chi connectivity index (χ1n) is 5.54. The number of carbonyl (C=O) groups excluding carboxylic acids is 1. The molecule has 1 unspecified atom stereocenters. The average Bonchev–Trinajstić information content (AvgIpc) is 2.42. The Morgan fingerprint density at radius 2 is 2.07 bits per heavy atom. The van der Waals surface area contributed by atoms with Crippen LogP contribution in [-0.4, -0.2) is 46.9 Å². The highest BCUT2D eigenvalue weighted by Gasteiger charge is 2.47. The van der Waals surface area contributed by atoms with Crippen LogP contribution < -0.4 is 10.6 Å². The van der Waals surface area contributed by atoms with Gasteiger partial charge in [-0.1, -0.05) is 0 Å². The predicted molar refractivity (Wildman–Crippen MR) is 56.3 cm³/mol. The van der Waals surface area contributed by atoms with Crippen molar-refractivity contribution < 1.29 is 9.90 Å². The van der Waals surface area contributed by atoms with Crippen LogP contribution in [0, 0.1) is 0 Å². The van der Waals surface area contributed by atoms with Gasteiger partial charge in [-0.05, 0) is 26.7 Å². The maximum absolute atomic E-state index is 11.1. The fraction of sp³-hybridized carbons (Fsp3) is 0.900. The molecule has 2 saturated heterocycles. The van der Waals surface area contributed by atoms with Gasteiger partial charge in [0, 0.05) is 19.1 Å². The van der Waals surface area contributed by atoms with E-state index in [1.165, 1.54) is 0 Å². The minimum atomic E-state index is -0.737. The first kappa shape index (κ1) is 10.7. The fourth-order valence-electron chi connectivity index (χ4n) is 2.43. The summed E-state index contributed by atoms with van der Waals surface area (Å²) in [7, 11) is 0. The molecule has 2 heterocycles. The number of amides is 2. The van der Waals surface area contributed by atoms with E-state index in [-0.39, 0.29) is 6.03 Å². The van der Waals surface area contributed by atoms with Gasteiger partial charge in [-0.3, -0.25) is 0 Å². The highest BCUT2D eigenvalue weighted by atomic mass is 16.3. The third kappa shape index (κ3) is 1.81. The molecular formula is C10H19N3O2. The molecule has 0 radical (unpaired) electrons. The van der Waals surface area contributed by atoms with Gasteiger partial charge in [0.15, 0.2) is 6.23 Å². The third-order valence-electron chi connectivity index (χ3n) is 3.57. The lowest BCUT2D eigenvalue weighted by Gasteiger charge is -2.41. The Kier molecular flexibility index (Phi) is 2.60. The predicted octanol–water partition coefficient (Wildman–Crippen LogP) is -0.139. The van der Waals surface area contributed by atoms with Crippen molar-refractivity contribution in [2.75, 3.05) is 13.1 Å². The van der Waals surface area contributed by atoms with Gasteiger partial charge in [0.05, 0.1) is 5.54 Å². The van der Waals surface area contributed by atoms with Gasteiger partial charge in [0.25, 0.3) is 0 Å². The van der Waals surface area contributed by atoms with Crippen molar-refractivity contribution in [3.8, 4) is 0 Å². The maximum Gasteiger partial charge on any atom is 0.317 e. The second-order valence-corrected chi connectivity index (χ2v) is 4.79. The summed E-state index contributed by atoms with van der Waals surface area (Å²) < 4.78 is 0. The highest BCUT2D eigenvalue weighted by molar-refractivity contribution is 5.78. The lowest BCUT2D eigenvalue weighted by molar-refractivity contribution is 0.0260. The summed E-state index contributed by atoms with van der Waals surface area (Å²) in [4.78, 5) is 13.5. The molecule has 2 aliphatic rings. The second-order valence-electron chi connectivity index (χ2n) is 4.79. The highest BCUT2D eigenvalue weighted by Crippen LogP contribution is 2.28. The van der Waals surface area contributed by atoms with E-state index in [0.29, 0.717) is 6.04 Å². The van der Waals surface area contributed by atoms with Crippen LogP contribution in [0.4, 0.5) is 4.79 Å². The Labute approximate surface area is 89.8 Å². The van der Waals surface area contributed by atoms with Crippen LogP contribution in [-0.2, 0) is 0 Å². The van der Waals surface area contributed by atoms with Gasteiger partial charge in [0.2, 0.25) is 0 Å². The molecule has 0 aliphatic carbocycles. The zero-order valence-corrected chi connectivity index (χ0v) is 9.29. The number of carbonyl (C=O) groups is 1. The summed E-state index contributed by atoms with van der Waals surface area (Å²) in [5.74, 6) is 0. The van der Waals surface area contributed by atoms with E-state index < -0.39 is 11.8 Å². The molecule has 5 nitrogen and oxygen atoms in total. The van der Waals surface area contributed by atoms with E-state index in [9.17, 15) is 9.90 Å². The number of rotatable bonds is 1. The van der Waals surface area contributed by atoms with Crippen LogP contribution in [0.3, 0.4) is 0 Å². The van der Waals surface area contributed by atoms with Gasteiger partial charge >= 0.3 is 6.03 Å². The number of nitrogens with zero attached hydrogens (tertiary/aromatic N) is 1. The first-order chi connectivity index (χ1) is 7.03. The van der Waals surface area contributed by atoms with E-state index in [2.05, 4.69) is 29.4 Å². The van der Waals surface area contributed by atoms with Crippen molar-refractivity contribution in [2.45, 2.75) is 44.5 Å². The van der Waals surface area contributed by atoms with Crippen LogP contribution in [0.2, 0.25) is 0 Å². The molecule has 15 heavy (non-hydrogen) atoms. The summed E-state index contributed by atoms with van der Waals surface area (Å²) in [6.07, 6.45) is 0.884. The molecule has 0 aromatic heterocycles. The molecule has 0 aromatic carbocycles. The van der Waals surface area contributed by atoms with Crippen LogP contribution >= 0.6 is 0 Å². The number of likely N-dealkylation sites (tertiary alicyclic amines) is 1. The molecule has 1 spiro atoms. The maximum atomic E-state index is 11.1. The van der Waals surface area contributed by atoms with E-state index >= 15 is 0 Å². The van der Waals surface area contributed by atoms with Crippen LogP contribution in [0.25, 0.3) is 0 Å². The van der Waals surface area contributed by atoms with E-state index in [1.807, 2.05) is 0 Å². The summed E-state index contributed by atoms with van der Waals surface area (Å²) in [6, 6.07) is 0.282. The van der Waals surface area contributed by atoms with Crippen molar-refractivity contribution in [1.29, 1.82) is 0 Å². The van der Waals surface area contributed by atoms with Crippen LogP contribution in [0.5, 0.6) is 0 Å². The summed E-state index contributed by atoms with van der Waals surface area (Å²) in [6.45, 7) is 6.19. The smallest absolute Gasteiger partial charge is 0.317 e. The molecule has 2 fully saturated rings. The Morgan fingerprint density at radius 3 is 2.47 bits per heavy atom. The molecule has 2 rings (SSSR count). The van der Waals surface area contributed by atoms with Crippen molar-refractivity contribution in [3.05, 3.63) is 0 Å². The van der Waals surface area contributed by atoms with Crippen molar-refractivity contribution in [2.24, 2.45) is 0 Å². The zero-order valence-electron chi connectivity index (χ0n) is 9.29. The van der Waals surface area contributed by atoms with Gasteiger partial charge in [-0.2, -0.15) is 0 Å². The van der Waals surface area contributed by atoms with Gasteiger partial charge in [-0.15, -0.1) is 0 Å².